The first-order valence-electron chi connectivity index (χ1n) is 6.19. The Bertz CT molecular complexity index is 249. The molecule has 0 aromatic heterocycles. The molecule has 136 valence electrons. The summed E-state index contributed by atoms with van der Waals surface area (Å²) < 4.78 is 0. The summed E-state index contributed by atoms with van der Waals surface area (Å²) in [7, 11) is 0. The summed E-state index contributed by atoms with van der Waals surface area (Å²) in [6, 6.07) is 0. The molecule has 7 nitrogen and oxygen atoms in total. The molecule has 0 fully saturated rings. The van der Waals surface area contributed by atoms with Crippen LogP contribution in [0.25, 0.3) is 0 Å². The molecule has 0 saturated heterocycles. The number of halogens is 1. The molecule has 0 aromatic rings. The smallest absolute Gasteiger partial charge is 0.142 e. The van der Waals surface area contributed by atoms with E-state index in [2.05, 4.69) is 29.3 Å². The molecule has 0 rings (SSSR count). The highest BCUT2D eigenvalue weighted by molar-refractivity contribution is 6.64. The molecule has 0 atom stereocenters. The molecule has 0 aromatic carbocycles. The third-order valence-corrected chi connectivity index (χ3v) is 0.529. The average molecular weight is 344 g/mol. The van der Waals surface area contributed by atoms with Crippen molar-refractivity contribution in [2.45, 2.75) is 69.2 Å². The van der Waals surface area contributed by atoms with Crippen molar-refractivity contribution < 1.29 is 20.4 Å². The van der Waals surface area contributed by atoms with Crippen LogP contribution in [-0.2, 0) is 4.79 Å². The topological polar surface area (TPSA) is 115 Å². The molecular formula is C14H34ClN3O4. The van der Waals surface area contributed by atoms with E-state index in [1.165, 1.54) is 33.4 Å². The minimum Gasteiger partial charge on any atom is -0.411 e. The number of hydrogen-bond donors (Lipinski definition) is 3. The lowest BCUT2D eigenvalue weighted by Crippen LogP contribution is -1.74. The quantitative estimate of drug-likeness (QED) is 0.326. The molecule has 3 N–H and O–H groups in total. The lowest BCUT2D eigenvalue weighted by atomic mass is 10.5. The van der Waals surface area contributed by atoms with Crippen molar-refractivity contribution in [3.8, 4) is 0 Å². The molecule has 8 heteroatoms. The Hall–Kier alpha value is -1.63. The molecular weight excluding hydrogens is 310 g/mol. The molecule has 22 heavy (non-hydrogen) atoms. The highest BCUT2D eigenvalue weighted by Crippen LogP contribution is 1.75. The van der Waals surface area contributed by atoms with Gasteiger partial charge < -0.3 is 20.4 Å². The summed E-state index contributed by atoms with van der Waals surface area (Å²) in [6.07, 6.45) is 2.56. The lowest BCUT2D eigenvalue weighted by Gasteiger charge is -1.72. The van der Waals surface area contributed by atoms with Crippen LogP contribution in [0.15, 0.2) is 15.5 Å². The van der Waals surface area contributed by atoms with Gasteiger partial charge in [0.15, 0.2) is 0 Å². The molecule has 0 unspecified atom stereocenters. The second-order valence-electron chi connectivity index (χ2n) is 3.63. The number of Topliss-reactive ketones (excluding diaryl/α,β-unsaturated/α-hetero) is 1. The highest BCUT2D eigenvalue weighted by atomic mass is 35.5. The van der Waals surface area contributed by atoms with Crippen molar-refractivity contribution in [1.29, 1.82) is 0 Å². The first-order chi connectivity index (χ1) is 9.60. The Balaban J connectivity index is -0.0000000364. The highest BCUT2D eigenvalue weighted by Gasteiger charge is 1.69. The molecule has 0 bridgehead atoms. The number of carbonyl (C=O) groups is 1. The summed E-state index contributed by atoms with van der Waals surface area (Å²) in [5, 5.41) is 30.9. The molecule has 0 heterocycles. The molecule has 0 aliphatic rings. The zero-order chi connectivity index (χ0) is 18.3. The van der Waals surface area contributed by atoms with E-state index in [-0.39, 0.29) is 18.4 Å². The van der Waals surface area contributed by atoms with E-state index in [4.69, 9.17) is 27.2 Å². The molecule has 0 aliphatic heterocycles. The van der Waals surface area contributed by atoms with Gasteiger partial charge in [-0.1, -0.05) is 49.6 Å². The van der Waals surface area contributed by atoms with Gasteiger partial charge in [-0.05, 0) is 41.5 Å². The minimum absolute atomic E-state index is 0. The normalized spacial score (nSPS) is 7.95. The van der Waals surface area contributed by atoms with Crippen LogP contribution in [0.5, 0.6) is 0 Å². The molecule has 0 spiro atoms. The SMILES string of the molecule is C.CC(C)=NO.CC(C)=O.CC(Cl)=NO.CC=NO.CCC. The summed E-state index contributed by atoms with van der Waals surface area (Å²) in [5.41, 5.74) is 0.685. The van der Waals surface area contributed by atoms with Crippen molar-refractivity contribution in [1.82, 2.24) is 0 Å². The Morgan fingerprint density at radius 2 is 1.14 bits per heavy atom. The third-order valence-electron chi connectivity index (χ3n) is 0.453. The summed E-state index contributed by atoms with van der Waals surface area (Å²) in [5.74, 6) is 0.167. The largest absolute Gasteiger partial charge is 0.411 e. The molecule has 0 amide bonds. The third kappa shape index (κ3) is 488. The minimum atomic E-state index is 0. The number of hydrogen-bond acceptors (Lipinski definition) is 7. The standard InChI is InChI=1S/C3H7NO.C3H6O.C3H8.C2H4ClNO.C2H5NO.CH4/c1-3(2)4-5;1-3(2)4;1-3-2;1-2(3)4-5;1-2-3-4;/h5H,1-2H3;1-2H3;3H2,1-2H3;5H,1H3;2,4H,1H3;1H4. The van der Waals surface area contributed by atoms with Crippen LogP contribution in [0.1, 0.15) is 69.2 Å². The van der Waals surface area contributed by atoms with Crippen LogP contribution in [-0.4, -0.2) is 38.5 Å². The number of rotatable bonds is 0. The van der Waals surface area contributed by atoms with E-state index in [1.807, 2.05) is 0 Å². The Kier molecular flexibility index (Phi) is 71.9. The van der Waals surface area contributed by atoms with Crippen molar-refractivity contribution in [3.63, 3.8) is 0 Å². The lowest BCUT2D eigenvalue weighted by molar-refractivity contribution is -0.114. The van der Waals surface area contributed by atoms with Crippen LogP contribution in [0, 0.1) is 0 Å². The van der Waals surface area contributed by atoms with Crippen LogP contribution in [0.3, 0.4) is 0 Å². The van der Waals surface area contributed by atoms with Gasteiger partial charge in [-0.25, -0.2) is 0 Å². The van der Waals surface area contributed by atoms with E-state index >= 15 is 0 Å². The van der Waals surface area contributed by atoms with Gasteiger partial charge in [0, 0.05) is 6.21 Å². The van der Waals surface area contributed by atoms with Gasteiger partial charge in [-0.15, -0.1) is 5.16 Å². The predicted molar refractivity (Wildman–Crippen MR) is 96.3 cm³/mol. The van der Waals surface area contributed by atoms with E-state index in [1.54, 1.807) is 20.8 Å². The van der Waals surface area contributed by atoms with Gasteiger partial charge in [0.05, 0.1) is 5.71 Å². The van der Waals surface area contributed by atoms with Crippen LogP contribution in [0.2, 0.25) is 0 Å². The van der Waals surface area contributed by atoms with E-state index in [0.717, 1.165) is 0 Å². The van der Waals surface area contributed by atoms with E-state index < -0.39 is 0 Å². The second kappa shape index (κ2) is 42.7. The van der Waals surface area contributed by atoms with Gasteiger partial charge in [-0.2, -0.15) is 0 Å². The Morgan fingerprint density at radius 1 is 1.00 bits per heavy atom. The van der Waals surface area contributed by atoms with Gasteiger partial charge in [0.1, 0.15) is 11.0 Å². The number of carbonyl (C=O) groups excluding carboxylic acids is 1. The zero-order valence-electron chi connectivity index (χ0n) is 14.3. The monoisotopic (exact) mass is 343 g/mol. The van der Waals surface area contributed by atoms with Crippen LogP contribution < -0.4 is 0 Å². The zero-order valence-corrected chi connectivity index (χ0v) is 15.0. The van der Waals surface area contributed by atoms with Gasteiger partial charge in [0.25, 0.3) is 0 Å². The number of ketones is 1. The molecule has 0 radical (unpaired) electrons. The maximum Gasteiger partial charge on any atom is 0.142 e. The summed E-state index contributed by atoms with van der Waals surface area (Å²) >= 11 is 4.96. The number of nitrogens with zero attached hydrogens (tertiary/aromatic N) is 3. The first-order valence-corrected chi connectivity index (χ1v) is 6.57. The maximum atomic E-state index is 9.44. The van der Waals surface area contributed by atoms with Gasteiger partial charge >= 0.3 is 0 Å². The average Bonchev–Trinajstić information content (AvgIpc) is 2.39. The Morgan fingerprint density at radius 3 is 1.14 bits per heavy atom. The van der Waals surface area contributed by atoms with E-state index in [9.17, 15) is 4.79 Å². The fourth-order valence-electron chi connectivity index (χ4n) is 0. The summed E-state index contributed by atoms with van der Waals surface area (Å²) in [4.78, 5) is 9.44. The summed E-state index contributed by atoms with van der Waals surface area (Å²) in [6.45, 7) is 13.9. The van der Waals surface area contributed by atoms with Crippen molar-refractivity contribution >= 4 is 34.5 Å². The number of oxime groups is 3. The van der Waals surface area contributed by atoms with Crippen LogP contribution in [0.4, 0.5) is 0 Å². The van der Waals surface area contributed by atoms with Crippen molar-refractivity contribution in [2.75, 3.05) is 0 Å². The van der Waals surface area contributed by atoms with Gasteiger partial charge in [0.2, 0.25) is 0 Å². The Labute approximate surface area is 140 Å². The molecule has 0 saturated carbocycles. The fraction of sp³-hybridized carbons (Fsp3) is 0.714. The van der Waals surface area contributed by atoms with Crippen molar-refractivity contribution in [2.24, 2.45) is 15.5 Å². The van der Waals surface area contributed by atoms with Crippen molar-refractivity contribution in [3.05, 3.63) is 0 Å². The first kappa shape index (κ1) is 37.0. The van der Waals surface area contributed by atoms with Crippen LogP contribution >= 0.6 is 11.6 Å². The molecule has 0 aliphatic carbocycles. The second-order valence-corrected chi connectivity index (χ2v) is 4.18. The predicted octanol–water partition coefficient (Wildman–Crippen LogP) is 5.00. The van der Waals surface area contributed by atoms with E-state index in [0.29, 0.717) is 5.71 Å². The van der Waals surface area contributed by atoms with Gasteiger partial charge in [-0.3, -0.25) is 0 Å². The fourth-order valence-corrected chi connectivity index (χ4v) is 0. The maximum absolute atomic E-state index is 9.44.